The van der Waals surface area contributed by atoms with E-state index in [9.17, 15) is 4.39 Å². The lowest BCUT2D eigenvalue weighted by molar-refractivity contribution is 0.195. The van der Waals surface area contributed by atoms with Crippen molar-refractivity contribution in [1.29, 1.82) is 0 Å². The maximum Gasteiger partial charge on any atom is 0.123 e. The molecular formula is C14H22FNO. The number of rotatable bonds is 6. The molecule has 2 nitrogen and oxygen atoms in total. The Hall–Kier alpha value is -1.09. The predicted octanol–water partition coefficient (Wildman–Crippen LogP) is 3.29. The molecule has 3 heteroatoms. The van der Waals surface area contributed by atoms with Gasteiger partial charge in [0.2, 0.25) is 0 Å². The summed E-state index contributed by atoms with van der Waals surface area (Å²) in [5.41, 5.74) is 0.841. The SMILES string of the molecule is CCNC(C)CC(C)Oc1ccc(F)cc1C. The van der Waals surface area contributed by atoms with Crippen LogP contribution in [0.2, 0.25) is 0 Å². The van der Waals surface area contributed by atoms with Crippen molar-refractivity contribution < 1.29 is 9.13 Å². The number of benzene rings is 1. The van der Waals surface area contributed by atoms with Crippen molar-refractivity contribution in [1.82, 2.24) is 5.32 Å². The Bertz CT molecular complexity index is 354. The number of aryl methyl sites for hydroxylation is 1. The Labute approximate surface area is 103 Å². The quantitative estimate of drug-likeness (QED) is 0.822. The highest BCUT2D eigenvalue weighted by Gasteiger charge is 2.10. The molecule has 0 aromatic heterocycles. The van der Waals surface area contributed by atoms with Crippen molar-refractivity contribution in [2.24, 2.45) is 0 Å². The zero-order valence-electron chi connectivity index (χ0n) is 11.1. The highest BCUT2D eigenvalue weighted by molar-refractivity contribution is 5.32. The number of hydrogen-bond acceptors (Lipinski definition) is 2. The molecule has 1 rings (SSSR count). The molecule has 0 radical (unpaired) electrons. The van der Waals surface area contributed by atoms with Gasteiger partial charge in [0, 0.05) is 6.04 Å². The van der Waals surface area contributed by atoms with Gasteiger partial charge in [-0.05, 0) is 57.5 Å². The minimum atomic E-state index is -0.219. The Balaban J connectivity index is 2.52. The first kappa shape index (κ1) is 14.0. The van der Waals surface area contributed by atoms with Gasteiger partial charge in [-0.25, -0.2) is 4.39 Å². The first-order chi connectivity index (χ1) is 8.02. The Morgan fingerprint density at radius 3 is 2.65 bits per heavy atom. The molecule has 0 aliphatic rings. The van der Waals surface area contributed by atoms with Crippen molar-refractivity contribution >= 4 is 0 Å². The van der Waals surface area contributed by atoms with Gasteiger partial charge in [-0.1, -0.05) is 6.92 Å². The molecule has 0 fully saturated rings. The Morgan fingerprint density at radius 1 is 1.35 bits per heavy atom. The highest BCUT2D eigenvalue weighted by Crippen LogP contribution is 2.20. The topological polar surface area (TPSA) is 21.3 Å². The molecule has 0 saturated carbocycles. The summed E-state index contributed by atoms with van der Waals surface area (Å²) in [6.45, 7) is 9.09. The van der Waals surface area contributed by atoms with Crippen LogP contribution in [-0.4, -0.2) is 18.7 Å². The summed E-state index contributed by atoms with van der Waals surface area (Å²) in [5.74, 6) is 0.547. The predicted molar refractivity (Wildman–Crippen MR) is 69.0 cm³/mol. The number of halogens is 1. The molecule has 0 heterocycles. The van der Waals surface area contributed by atoms with E-state index in [1.165, 1.54) is 12.1 Å². The monoisotopic (exact) mass is 239 g/mol. The highest BCUT2D eigenvalue weighted by atomic mass is 19.1. The van der Waals surface area contributed by atoms with Crippen LogP contribution in [0, 0.1) is 12.7 Å². The zero-order chi connectivity index (χ0) is 12.8. The van der Waals surface area contributed by atoms with Crippen LogP contribution in [0.15, 0.2) is 18.2 Å². The molecule has 0 amide bonds. The molecule has 0 saturated heterocycles. The van der Waals surface area contributed by atoms with E-state index in [4.69, 9.17) is 4.74 Å². The van der Waals surface area contributed by atoms with Crippen molar-refractivity contribution in [2.75, 3.05) is 6.54 Å². The molecule has 1 aromatic carbocycles. The van der Waals surface area contributed by atoms with Gasteiger partial charge in [0.25, 0.3) is 0 Å². The van der Waals surface area contributed by atoms with Crippen molar-refractivity contribution in [2.45, 2.75) is 46.3 Å². The molecule has 0 bridgehead atoms. The summed E-state index contributed by atoms with van der Waals surface area (Å²) in [5, 5.41) is 3.35. The van der Waals surface area contributed by atoms with E-state index in [0.717, 1.165) is 24.3 Å². The largest absolute Gasteiger partial charge is 0.490 e. The third kappa shape index (κ3) is 4.73. The van der Waals surface area contributed by atoms with Gasteiger partial charge in [0.05, 0.1) is 6.10 Å². The Morgan fingerprint density at radius 2 is 2.06 bits per heavy atom. The summed E-state index contributed by atoms with van der Waals surface area (Å²) in [7, 11) is 0. The minimum Gasteiger partial charge on any atom is -0.490 e. The second-order valence-corrected chi connectivity index (χ2v) is 4.53. The van der Waals surface area contributed by atoms with Gasteiger partial charge in [0.1, 0.15) is 11.6 Å². The van der Waals surface area contributed by atoms with Gasteiger partial charge < -0.3 is 10.1 Å². The molecule has 0 aliphatic heterocycles. The van der Waals surface area contributed by atoms with Gasteiger partial charge >= 0.3 is 0 Å². The summed E-state index contributed by atoms with van der Waals surface area (Å²) in [6.07, 6.45) is 1.05. The van der Waals surface area contributed by atoms with Gasteiger partial charge in [-0.15, -0.1) is 0 Å². The van der Waals surface area contributed by atoms with E-state index in [1.54, 1.807) is 6.07 Å². The van der Waals surface area contributed by atoms with E-state index < -0.39 is 0 Å². The molecule has 2 atom stereocenters. The third-order valence-electron chi connectivity index (χ3n) is 2.70. The molecule has 0 spiro atoms. The molecule has 17 heavy (non-hydrogen) atoms. The Kier molecular flexibility index (Phi) is 5.42. The second kappa shape index (κ2) is 6.60. The maximum atomic E-state index is 12.9. The lowest BCUT2D eigenvalue weighted by Gasteiger charge is -2.20. The van der Waals surface area contributed by atoms with Crippen LogP contribution in [0.5, 0.6) is 5.75 Å². The van der Waals surface area contributed by atoms with E-state index in [1.807, 2.05) is 13.8 Å². The van der Waals surface area contributed by atoms with Crippen molar-refractivity contribution in [3.63, 3.8) is 0 Å². The molecule has 1 aromatic rings. The zero-order valence-corrected chi connectivity index (χ0v) is 11.1. The fourth-order valence-corrected chi connectivity index (χ4v) is 1.94. The van der Waals surface area contributed by atoms with Crippen LogP contribution in [0.3, 0.4) is 0 Å². The summed E-state index contributed by atoms with van der Waals surface area (Å²) < 4.78 is 18.7. The summed E-state index contributed by atoms with van der Waals surface area (Å²) >= 11 is 0. The van der Waals surface area contributed by atoms with Gasteiger partial charge in [-0.3, -0.25) is 0 Å². The van der Waals surface area contributed by atoms with Crippen LogP contribution < -0.4 is 10.1 Å². The number of ether oxygens (including phenoxy) is 1. The first-order valence-electron chi connectivity index (χ1n) is 6.19. The first-order valence-corrected chi connectivity index (χ1v) is 6.19. The molecule has 96 valence electrons. The molecule has 1 N–H and O–H groups in total. The second-order valence-electron chi connectivity index (χ2n) is 4.53. The number of hydrogen-bond donors (Lipinski definition) is 1. The van der Waals surface area contributed by atoms with E-state index >= 15 is 0 Å². The molecule has 0 aliphatic carbocycles. The average Bonchev–Trinajstić information content (AvgIpc) is 2.22. The van der Waals surface area contributed by atoms with Crippen LogP contribution in [0.4, 0.5) is 4.39 Å². The smallest absolute Gasteiger partial charge is 0.123 e. The lowest BCUT2D eigenvalue weighted by Crippen LogP contribution is -2.30. The molecular weight excluding hydrogens is 217 g/mol. The normalized spacial score (nSPS) is 14.4. The maximum absolute atomic E-state index is 12.9. The summed E-state index contributed by atoms with van der Waals surface area (Å²) in [4.78, 5) is 0. The van der Waals surface area contributed by atoms with E-state index in [0.29, 0.717) is 6.04 Å². The van der Waals surface area contributed by atoms with E-state index in [-0.39, 0.29) is 11.9 Å². The van der Waals surface area contributed by atoms with Gasteiger partial charge in [0.15, 0.2) is 0 Å². The van der Waals surface area contributed by atoms with E-state index in [2.05, 4.69) is 19.2 Å². The van der Waals surface area contributed by atoms with Crippen molar-refractivity contribution in [3.05, 3.63) is 29.6 Å². The van der Waals surface area contributed by atoms with Crippen LogP contribution in [0.25, 0.3) is 0 Å². The van der Waals surface area contributed by atoms with Crippen LogP contribution in [0.1, 0.15) is 32.8 Å². The van der Waals surface area contributed by atoms with Crippen LogP contribution >= 0.6 is 0 Å². The third-order valence-corrected chi connectivity index (χ3v) is 2.70. The average molecular weight is 239 g/mol. The minimum absolute atomic E-state index is 0.119. The fourth-order valence-electron chi connectivity index (χ4n) is 1.94. The molecule has 2 unspecified atom stereocenters. The lowest BCUT2D eigenvalue weighted by atomic mass is 10.1. The number of nitrogens with one attached hydrogen (secondary N) is 1. The fraction of sp³-hybridized carbons (Fsp3) is 0.571. The summed E-state index contributed by atoms with van der Waals surface area (Å²) in [6, 6.07) is 5.05. The van der Waals surface area contributed by atoms with Crippen LogP contribution in [-0.2, 0) is 0 Å². The van der Waals surface area contributed by atoms with Gasteiger partial charge in [-0.2, -0.15) is 0 Å². The van der Waals surface area contributed by atoms with Crippen molar-refractivity contribution in [3.8, 4) is 5.75 Å². The standard InChI is InChI=1S/C14H22FNO/c1-5-16-11(3)9-12(4)17-14-7-6-13(15)8-10(14)2/h6-8,11-12,16H,5,9H2,1-4H3.